The van der Waals surface area contributed by atoms with E-state index in [-0.39, 0.29) is 12.0 Å². The van der Waals surface area contributed by atoms with Crippen molar-refractivity contribution in [2.75, 3.05) is 33.4 Å². The zero-order valence-electron chi connectivity index (χ0n) is 12.3. The average Bonchev–Trinajstić information content (AvgIpc) is 2.47. The molecule has 0 saturated carbocycles. The average molecular weight is 277 g/mol. The smallest absolute Gasteiger partial charge is 0.253 e. The molecule has 0 aliphatic carbocycles. The molecule has 2 rings (SSSR count). The Labute approximate surface area is 120 Å². The summed E-state index contributed by atoms with van der Waals surface area (Å²) in [6.45, 7) is 4.80. The van der Waals surface area contributed by atoms with Crippen LogP contribution < -0.4 is 0 Å². The van der Waals surface area contributed by atoms with Crippen LogP contribution in [0, 0.1) is 6.92 Å². The summed E-state index contributed by atoms with van der Waals surface area (Å²) in [5.74, 6) is 0.129. The number of piperidine rings is 1. The van der Waals surface area contributed by atoms with E-state index in [9.17, 15) is 4.79 Å². The normalized spacial score (nSPS) is 16.4. The van der Waals surface area contributed by atoms with Crippen LogP contribution in [-0.2, 0) is 9.47 Å². The number of hydrogen-bond donors (Lipinski definition) is 0. The van der Waals surface area contributed by atoms with E-state index in [4.69, 9.17) is 9.47 Å². The van der Waals surface area contributed by atoms with E-state index < -0.39 is 0 Å². The van der Waals surface area contributed by atoms with Crippen molar-refractivity contribution in [2.24, 2.45) is 0 Å². The third-order valence-electron chi connectivity index (χ3n) is 3.64. The van der Waals surface area contributed by atoms with Crippen LogP contribution in [0.3, 0.4) is 0 Å². The molecular formula is C16H23NO3. The highest BCUT2D eigenvalue weighted by Gasteiger charge is 2.23. The van der Waals surface area contributed by atoms with Gasteiger partial charge in [0.15, 0.2) is 0 Å². The van der Waals surface area contributed by atoms with Gasteiger partial charge in [-0.05, 0) is 31.9 Å². The number of amides is 1. The fourth-order valence-corrected chi connectivity index (χ4v) is 2.48. The Morgan fingerprint density at radius 3 is 2.70 bits per heavy atom. The zero-order valence-corrected chi connectivity index (χ0v) is 12.3. The lowest BCUT2D eigenvalue weighted by Gasteiger charge is -2.32. The third kappa shape index (κ3) is 4.05. The Morgan fingerprint density at radius 2 is 2.05 bits per heavy atom. The summed E-state index contributed by atoms with van der Waals surface area (Å²) >= 11 is 0. The molecule has 1 heterocycles. The molecular weight excluding hydrogens is 254 g/mol. The van der Waals surface area contributed by atoms with Crippen LogP contribution >= 0.6 is 0 Å². The molecule has 0 radical (unpaired) electrons. The molecule has 4 nitrogen and oxygen atoms in total. The van der Waals surface area contributed by atoms with Gasteiger partial charge in [0, 0.05) is 25.8 Å². The molecule has 1 saturated heterocycles. The van der Waals surface area contributed by atoms with Gasteiger partial charge in [-0.3, -0.25) is 4.79 Å². The number of hydrogen-bond acceptors (Lipinski definition) is 3. The first kappa shape index (κ1) is 15.0. The van der Waals surface area contributed by atoms with Gasteiger partial charge in [0.1, 0.15) is 0 Å². The van der Waals surface area contributed by atoms with Crippen molar-refractivity contribution in [2.45, 2.75) is 25.9 Å². The molecule has 4 heteroatoms. The van der Waals surface area contributed by atoms with Gasteiger partial charge in [-0.25, -0.2) is 0 Å². The fraction of sp³-hybridized carbons (Fsp3) is 0.562. The van der Waals surface area contributed by atoms with Crippen LogP contribution in [0.2, 0.25) is 0 Å². The van der Waals surface area contributed by atoms with E-state index in [1.54, 1.807) is 7.11 Å². The molecule has 0 bridgehead atoms. The van der Waals surface area contributed by atoms with E-state index in [0.29, 0.717) is 13.2 Å². The molecule has 20 heavy (non-hydrogen) atoms. The molecule has 1 aliphatic rings. The Balaban J connectivity index is 1.83. The zero-order chi connectivity index (χ0) is 14.4. The van der Waals surface area contributed by atoms with Gasteiger partial charge in [-0.15, -0.1) is 0 Å². The molecule has 0 unspecified atom stereocenters. The number of ether oxygens (including phenoxy) is 2. The quantitative estimate of drug-likeness (QED) is 0.775. The molecule has 110 valence electrons. The first-order valence-electron chi connectivity index (χ1n) is 7.17. The molecule has 0 N–H and O–H groups in total. The Bertz CT molecular complexity index is 439. The van der Waals surface area contributed by atoms with Crippen LogP contribution in [0.1, 0.15) is 28.8 Å². The van der Waals surface area contributed by atoms with Gasteiger partial charge in [0.05, 0.1) is 19.3 Å². The van der Waals surface area contributed by atoms with Crippen LogP contribution in [-0.4, -0.2) is 50.3 Å². The van der Waals surface area contributed by atoms with Crippen molar-refractivity contribution in [3.63, 3.8) is 0 Å². The minimum atomic E-state index is 0.129. The summed E-state index contributed by atoms with van der Waals surface area (Å²) in [6.07, 6.45) is 2.06. The molecule has 1 aliphatic heterocycles. The minimum absolute atomic E-state index is 0.129. The second-order valence-electron chi connectivity index (χ2n) is 5.22. The Morgan fingerprint density at radius 1 is 1.30 bits per heavy atom. The molecule has 1 amide bonds. The predicted octanol–water partition coefficient (Wildman–Crippen LogP) is 2.26. The highest BCUT2D eigenvalue weighted by molar-refractivity contribution is 5.94. The first-order chi connectivity index (χ1) is 9.70. The van der Waals surface area contributed by atoms with Crippen molar-refractivity contribution >= 4 is 5.91 Å². The number of likely N-dealkylation sites (tertiary alicyclic amines) is 1. The van der Waals surface area contributed by atoms with Crippen LogP contribution in [0.25, 0.3) is 0 Å². The van der Waals surface area contributed by atoms with Gasteiger partial charge in [0.2, 0.25) is 0 Å². The number of aryl methyl sites for hydroxylation is 1. The van der Waals surface area contributed by atoms with Crippen molar-refractivity contribution in [1.29, 1.82) is 0 Å². The van der Waals surface area contributed by atoms with Gasteiger partial charge >= 0.3 is 0 Å². The second kappa shape index (κ2) is 7.41. The topological polar surface area (TPSA) is 38.8 Å². The van der Waals surface area contributed by atoms with Crippen molar-refractivity contribution < 1.29 is 14.3 Å². The van der Waals surface area contributed by atoms with Gasteiger partial charge < -0.3 is 14.4 Å². The highest BCUT2D eigenvalue weighted by Crippen LogP contribution is 2.16. The molecule has 0 spiro atoms. The Kier molecular flexibility index (Phi) is 5.56. The lowest BCUT2D eigenvalue weighted by Crippen LogP contribution is -2.41. The number of rotatable bonds is 5. The molecule has 1 aromatic carbocycles. The van der Waals surface area contributed by atoms with Crippen molar-refractivity contribution in [3.05, 3.63) is 35.4 Å². The van der Waals surface area contributed by atoms with Crippen molar-refractivity contribution in [3.8, 4) is 0 Å². The summed E-state index contributed by atoms with van der Waals surface area (Å²) < 4.78 is 10.7. The second-order valence-corrected chi connectivity index (χ2v) is 5.22. The highest BCUT2D eigenvalue weighted by atomic mass is 16.5. The molecule has 1 aromatic rings. The molecule has 0 aromatic heterocycles. The largest absolute Gasteiger partial charge is 0.382 e. The lowest BCUT2D eigenvalue weighted by molar-refractivity contribution is -0.0122. The van der Waals surface area contributed by atoms with E-state index in [2.05, 4.69) is 0 Å². The van der Waals surface area contributed by atoms with E-state index in [1.165, 1.54) is 0 Å². The van der Waals surface area contributed by atoms with Crippen LogP contribution in [0.15, 0.2) is 24.3 Å². The van der Waals surface area contributed by atoms with Gasteiger partial charge in [-0.1, -0.05) is 17.7 Å². The number of methoxy groups -OCH3 is 1. The summed E-state index contributed by atoms with van der Waals surface area (Å²) in [4.78, 5) is 14.3. The maximum atomic E-state index is 12.4. The number of carbonyl (C=O) groups is 1. The lowest BCUT2D eigenvalue weighted by atomic mass is 10.1. The summed E-state index contributed by atoms with van der Waals surface area (Å²) in [7, 11) is 1.67. The van der Waals surface area contributed by atoms with Gasteiger partial charge in [0.25, 0.3) is 5.91 Å². The maximum absolute atomic E-state index is 12.4. The summed E-state index contributed by atoms with van der Waals surface area (Å²) in [5.41, 5.74) is 1.90. The number of benzene rings is 1. The standard InChI is InChI=1S/C16H23NO3/c1-13-4-3-5-14(12-13)16(18)17-8-6-15(7-9-17)20-11-10-19-2/h3-5,12,15H,6-11H2,1-2H3. The fourth-order valence-electron chi connectivity index (χ4n) is 2.48. The molecule has 0 atom stereocenters. The minimum Gasteiger partial charge on any atom is -0.382 e. The first-order valence-corrected chi connectivity index (χ1v) is 7.17. The van der Waals surface area contributed by atoms with E-state index in [1.807, 2.05) is 36.1 Å². The monoisotopic (exact) mass is 277 g/mol. The SMILES string of the molecule is COCCOC1CCN(C(=O)c2cccc(C)c2)CC1. The number of carbonyl (C=O) groups excluding carboxylic acids is 1. The Hall–Kier alpha value is -1.39. The molecule has 1 fully saturated rings. The van der Waals surface area contributed by atoms with E-state index >= 15 is 0 Å². The number of nitrogens with zero attached hydrogens (tertiary/aromatic N) is 1. The van der Waals surface area contributed by atoms with Crippen LogP contribution in [0.4, 0.5) is 0 Å². The summed E-state index contributed by atoms with van der Waals surface area (Å²) in [5, 5.41) is 0. The predicted molar refractivity (Wildman–Crippen MR) is 77.9 cm³/mol. The van der Waals surface area contributed by atoms with E-state index in [0.717, 1.165) is 37.1 Å². The van der Waals surface area contributed by atoms with Crippen LogP contribution in [0.5, 0.6) is 0 Å². The van der Waals surface area contributed by atoms with Gasteiger partial charge in [-0.2, -0.15) is 0 Å². The summed E-state index contributed by atoms with van der Waals surface area (Å²) in [6, 6.07) is 7.77. The maximum Gasteiger partial charge on any atom is 0.253 e. The van der Waals surface area contributed by atoms with Crippen molar-refractivity contribution in [1.82, 2.24) is 4.90 Å². The third-order valence-corrected chi connectivity index (χ3v) is 3.64.